The maximum absolute atomic E-state index is 14.8. The van der Waals surface area contributed by atoms with E-state index in [0.29, 0.717) is 17.5 Å². The maximum Gasteiger partial charge on any atom is 0.194 e. The highest BCUT2D eigenvalue weighted by Crippen LogP contribution is 2.50. The molecule has 0 fully saturated rings. The number of halogens is 3. The first-order chi connectivity index (χ1) is 32.9. The summed E-state index contributed by atoms with van der Waals surface area (Å²) in [5, 5.41) is 4.32. The topological polar surface area (TPSA) is 29.5 Å². The number of hydrogen-bond acceptors (Lipinski definition) is 3. The molecule has 13 rings (SSSR count). The van der Waals surface area contributed by atoms with Crippen LogP contribution in [-0.4, -0.2) is 0 Å². The van der Waals surface area contributed by atoms with Gasteiger partial charge in [-0.05, 0) is 123 Å². The number of rotatable bonds is 7. The lowest BCUT2D eigenvalue weighted by Gasteiger charge is -2.26. The summed E-state index contributed by atoms with van der Waals surface area (Å²) in [5.41, 5.74) is 17.3. The third-order valence-electron chi connectivity index (χ3n) is 13.4. The normalized spacial score (nSPS) is 12.0. The van der Waals surface area contributed by atoms with Crippen LogP contribution in [0.5, 0.6) is 0 Å². The monoisotopic (exact) mass is 871 g/mol. The molecule has 318 valence electrons. The molecule has 1 aliphatic carbocycles. The molecular formula is C61H36F3NO2. The van der Waals surface area contributed by atoms with Crippen molar-refractivity contribution < 1.29 is 22.0 Å². The third kappa shape index (κ3) is 6.28. The molecule has 3 nitrogen and oxygen atoms in total. The Kier molecular flexibility index (Phi) is 8.83. The van der Waals surface area contributed by atoms with Crippen LogP contribution in [0, 0.1) is 17.5 Å². The minimum absolute atomic E-state index is 0.291. The van der Waals surface area contributed by atoms with Gasteiger partial charge < -0.3 is 13.7 Å². The summed E-state index contributed by atoms with van der Waals surface area (Å²) in [6.07, 6.45) is 0.504. The van der Waals surface area contributed by atoms with Gasteiger partial charge in [0.15, 0.2) is 17.5 Å². The number of hydrogen-bond donors (Lipinski definition) is 0. The largest absolute Gasteiger partial charge is 0.455 e. The van der Waals surface area contributed by atoms with Gasteiger partial charge in [0.05, 0.1) is 0 Å². The fourth-order valence-corrected chi connectivity index (χ4v) is 10.3. The number of furan rings is 2. The second-order valence-corrected chi connectivity index (χ2v) is 17.1. The van der Waals surface area contributed by atoms with Crippen LogP contribution < -0.4 is 4.90 Å². The van der Waals surface area contributed by atoms with E-state index in [1.165, 1.54) is 0 Å². The Morgan fingerprint density at radius 2 is 0.836 bits per heavy atom. The van der Waals surface area contributed by atoms with Gasteiger partial charge >= 0.3 is 0 Å². The molecule has 0 atom stereocenters. The van der Waals surface area contributed by atoms with Crippen LogP contribution in [-0.2, 0) is 6.42 Å². The van der Waals surface area contributed by atoms with Crippen molar-refractivity contribution in [2.75, 3.05) is 4.90 Å². The molecule has 6 heteroatoms. The highest BCUT2D eigenvalue weighted by molar-refractivity contribution is 6.11. The lowest BCUT2D eigenvalue weighted by molar-refractivity contribution is 0.447. The Labute approximate surface area is 383 Å². The standard InChI is InChI=1S/C61H36F3NO2/c62-54-34-40(35-55(63)59(54)64)44-30-31-45(36-10-2-1-3-11-36)58-46-29-28-43(32-39(46)33-53(44)58)65(41-24-20-37(21-25-41)47-14-8-16-51-49-12-4-6-18-56(49)66-60(47)51)42-26-22-38(23-27-42)48-15-9-17-52-50-13-5-7-19-57(50)67-61(48)52/h1-32,34-35H,33H2. The molecule has 0 amide bonds. The molecule has 0 saturated carbocycles. The third-order valence-corrected chi connectivity index (χ3v) is 13.4. The van der Waals surface area contributed by atoms with E-state index < -0.39 is 17.5 Å². The first kappa shape index (κ1) is 38.8. The minimum atomic E-state index is -1.48. The first-order valence-electron chi connectivity index (χ1n) is 22.3. The molecular weight excluding hydrogens is 836 g/mol. The van der Waals surface area contributed by atoms with Crippen LogP contribution >= 0.6 is 0 Å². The molecule has 0 N–H and O–H groups in total. The molecule has 67 heavy (non-hydrogen) atoms. The van der Waals surface area contributed by atoms with E-state index in [1.54, 1.807) is 0 Å². The molecule has 0 bridgehead atoms. The van der Waals surface area contributed by atoms with Crippen molar-refractivity contribution in [3.8, 4) is 55.6 Å². The van der Waals surface area contributed by atoms with E-state index >= 15 is 0 Å². The van der Waals surface area contributed by atoms with Crippen molar-refractivity contribution in [3.05, 3.63) is 235 Å². The Morgan fingerprint density at radius 1 is 0.358 bits per heavy atom. The van der Waals surface area contributed by atoms with Gasteiger partial charge in [0.2, 0.25) is 0 Å². The van der Waals surface area contributed by atoms with Crippen molar-refractivity contribution in [1.82, 2.24) is 0 Å². The highest BCUT2D eigenvalue weighted by atomic mass is 19.2. The summed E-state index contributed by atoms with van der Waals surface area (Å²) in [4.78, 5) is 2.25. The van der Waals surface area contributed by atoms with Gasteiger partial charge in [0.25, 0.3) is 0 Å². The van der Waals surface area contributed by atoms with Gasteiger partial charge in [-0.1, -0.05) is 146 Å². The van der Waals surface area contributed by atoms with E-state index in [0.717, 1.165) is 129 Å². The van der Waals surface area contributed by atoms with E-state index in [9.17, 15) is 13.2 Å². The zero-order chi connectivity index (χ0) is 44.8. The van der Waals surface area contributed by atoms with Gasteiger partial charge in [0.1, 0.15) is 22.3 Å². The van der Waals surface area contributed by atoms with Gasteiger partial charge in [-0.3, -0.25) is 0 Å². The predicted molar refractivity (Wildman–Crippen MR) is 266 cm³/mol. The van der Waals surface area contributed by atoms with Crippen LogP contribution in [0.3, 0.4) is 0 Å². The summed E-state index contributed by atoms with van der Waals surface area (Å²) in [6, 6.07) is 68.6. The van der Waals surface area contributed by atoms with Gasteiger partial charge in [0, 0.05) is 49.7 Å². The van der Waals surface area contributed by atoms with Gasteiger partial charge in [-0.25, -0.2) is 13.2 Å². The van der Waals surface area contributed by atoms with Crippen molar-refractivity contribution >= 4 is 60.9 Å². The quantitative estimate of drug-likeness (QED) is 0.149. The van der Waals surface area contributed by atoms with E-state index in [-0.39, 0.29) is 0 Å². The van der Waals surface area contributed by atoms with E-state index in [4.69, 9.17) is 8.83 Å². The second-order valence-electron chi connectivity index (χ2n) is 17.1. The minimum Gasteiger partial charge on any atom is -0.455 e. The van der Waals surface area contributed by atoms with Crippen LogP contribution in [0.25, 0.3) is 99.5 Å². The van der Waals surface area contributed by atoms with Crippen molar-refractivity contribution in [3.63, 3.8) is 0 Å². The van der Waals surface area contributed by atoms with Gasteiger partial charge in [-0.2, -0.15) is 0 Å². The number of para-hydroxylation sites is 4. The summed E-state index contributed by atoms with van der Waals surface area (Å²) in [6.45, 7) is 0. The smallest absolute Gasteiger partial charge is 0.194 e. The summed E-state index contributed by atoms with van der Waals surface area (Å²) >= 11 is 0. The van der Waals surface area contributed by atoms with E-state index in [1.807, 2.05) is 66.7 Å². The van der Waals surface area contributed by atoms with Crippen LogP contribution in [0.2, 0.25) is 0 Å². The molecule has 0 spiro atoms. The van der Waals surface area contributed by atoms with Crippen molar-refractivity contribution in [2.45, 2.75) is 6.42 Å². The molecule has 10 aromatic carbocycles. The molecule has 0 saturated heterocycles. The number of benzene rings is 10. The molecule has 0 unspecified atom stereocenters. The van der Waals surface area contributed by atoms with E-state index in [2.05, 4.69) is 132 Å². The zero-order valence-corrected chi connectivity index (χ0v) is 35.7. The van der Waals surface area contributed by atoms with Crippen LogP contribution in [0.4, 0.5) is 30.2 Å². The Bertz CT molecular complexity index is 3750. The van der Waals surface area contributed by atoms with Crippen LogP contribution in [0.1, 0.15) is 11.1 Å². The average molecular weight is 872 g/mol. The fourth-order valence-electron chi connectivity index (χ4n) is 10.3. The molecule has 2 heterocycles. The SMILES string of the molecule is Fc1cc(-c2ccc(-c3ccccc3)c3c2Cc2cc(N(c4ccc(-c5cccc6c5oc5ccccc56)cc4)c4ccc(-c5cccc6c5oc5ccccc56)cc4)ccc2-3)cc(F)c1F. The average Bonchev–Trinajstić information content (AvgIpc) is 4.08. The molecule has 1 aliphatic rings. The van der Waals surface area contributed by atoms with Crippen LogP contribution in [0.15, 0.2) is 215 Å². The number of anilines is 3. The number of nitrogens with zero attached hydrogens (tertiary/aromatic N) is 1. The van der Waals surface area contributed by atoms with Crippen molar-refractivity contribution in [2.24, 2.45) is 0 Å². The maximum atomic E-state index is 14.8. The zero-order valence-electron chi connectivity index (χ0n) is 35.7. The fraction of sp³-hybridized carbons (Fsp3) is 0.0164. The number of fused-ring (bicyclic) bond motifs is 9. The second kappa shape index (κ2) is 15.3. The first-order valence-corrected chi connectivity index (χ1v) is 22.3. The molecule has 2 aromatic heterocycles. The molecule has 12 aromatic rings. The lowest BCUT2D eigenvalue weighted by atomic mass is 9.89. The lowest BCUT2D eigenvalue weighted by Crippen LogP contribution is -2.10. The summed E-state index contributed by atoms with van der Waals surface area (Å²) in [7, 11) is 0. The molecule has 0 radical (unpaired) electrons. The predicted octanol–water partition coefficient (Wildman–Crippen LogP) is 17.6. The Balaban J connectivity index is 0.946. The summed E-state index contributed by atoms with van der Waals surface area (Å²) < 4.78 is 56.7. The summed E-state index contributed by atoms with van der Waals surface area (Å²) in [5.74, 6) is -3.91. The highest BCUT2D eigenvalue weighted by Gasteiger charge is 2.28. The van der Waals surface area contributed by atoms with Crippen molar-refractivity contribution in [1.29, 1.82) is 0 Å². The Hall–Kier alpha value is -8.61. The Morgan fingerprint density at radius 3 is 1.42 bits per heavy atom. The molecule has 0 aliphatic heterocycles. The van der Waals surface area contributed by atoms with Gasteiger partial charge in [-0.15, -0.1) is 0 Å².